The molecule has 0 bridgehead atoms. The second-order valence-corrected chi connectivity index (χ2v) is 7.17. The lowest BCUT2D eigenvalue weighted by Gasteiger charge is -2.28. The Kier molecular flexibility index (Phi) is 8.13. The van der Waals surface area contributed by atoms with Gasteiger partial charge in [0.15, 0.2) is 6.04 Å². The van der Waals surface area contributed by atoms with Gasteiger partial charge in [0.2, 0.25) is 5.91 Å². The number of amides is 1. The molecule has 0 saturated heterocycles. The van der Waals surface area contributed by atoms with Crippen LogP contribution < -0.4 is 0 Å². The quantitative estimate of drug-likeness (QED) is 0.382. The molecule has 0 fully saturated rings. The highest BCUT2D eigenvalue weighted by atomic mass is 16.5. The third-order valence-electron chi connectivity index (χ3n) is 5.07. The Hall–Kier alpha value is -4.19. The Bertz CT molecular complexity index is 1070. The topological polar surface area (TPSA) is 72.9 Å². The molecule has 1 atom stereocenters. The van der Waals surface area contributed by atoms with Crippen LogP contribution in [0.25, 0.3) is 5.57 Å². The van der Waals surface area contributed by atoms with Crippen LogP contribution in [0.4, 0.5) is 0 Å². The van der Waals surface area contributed by atoms with Gasteiger partial charge in [0.25, 0.3) is 0 Å². The third kappa shape index (κ3) is 5.95. The van der Waals surface area contributed by atoms with Crippen LogP contribution in [0.2, 0.25) is 0 Å². The number of nitrogens with zero attached hydrogens (tertiary/aromatic N) is 1. The van der Waals surface area contributed by atoms with Gasteiger partial charge in [-0.2, -0.15) is 0 Å². The largest absolute Gasteiger partial charge is 0.469 e. The van der Waals surface area contributed by atoms with Crippen molar-refractivity contribution in [1.82, 2.24) is 4.90 Å². The molecule has 3 aromatic carbocycles. The van der Waals surface area contributed by atoms with Gasteiger partial charge in [-0.15, -0.1) is 0 Å². The maximum atomic E-state index is 13.3. The van der Waals surface area contributed by atoms with E-state index in [1.165, 1.54) is 19.1 Å². The summed E-state index contributed by atoms with van der Waals surface area (Å²) in [6.07, 6.45) is 1.08. The van der Waals surface area contributed by atoms with E-state index in [-0.39, 0.29) is 0 Å². The molecule has 3 aromatic rings. The number of carbonyl (C=O) groups is 3. The normalized spacial score (nSPS) is 11.1. The standard InChI is InChI=1S/C27H25NO5/c1-32-25(30)18-24(29)28(26(27(31)33-2)22-16-10-5-11-17-22)19-23(20-12-6-3-7-13-20)21-14-8-4-9-15-21/h3-17,19,26H,18H2,1-2H3. The van der Waals surface area contributed by atoms with E-state index in [1.807, 2.05) is 66.7 Å². The molecule has 0 aliphatic heterocycles. The fourth-order valence-corrected chi connectivity index (χ4v) is 3.42. The number of benzene rings is 3. The summed E-state index contributed by atoms with van der Waals surface area (Å²) in [4.78, 5) is 39.4. The van der Waals surface area contributed by atoms with Crippen molar-refractivity contribution in [3.63, 3.8) is 0 Å². The molecule has 0 spiro atoms. The van der Waals surface area contributed by atoms with E-state index >= 15 is 0 Å². The van der Waals surface area contributed by atoms with Crippen molar-refractivity contribution in [3.05, 3.63) is 114 Å². The van der Waals surface area contributed by atoms with Crippen molar-refractivity contribution < 1.29 is 23.9 Å². The maximum absolute atomic E-state index is 13.3. The van der Waals surface area contributed by atoms with E-state index in [0.717, 1.165) is 11.1 Å². The summed E-state index contributed by atoms with van der Waals surface area (Å²) < 4.78 is 9.74. The molecule has 0 saturated carbocycles. The van der Waals surface area contributed by atoms with Gasteiger partial charge in [-0.3, -0.25) is 14.5 Å². The molecule has 0 aromatic heterocycles. The van der Waals surface area contributed by atoms with Gasteiger partial charge in [0.05, 0.1) is 14.2 Å². The molecule has 0 N–H and O–H groups in total. The minimum Gasteiger partial charge on any atom is -0.469 e. The Morgan fingerprint density at radius 2 is 1.24 bits per heavy atom. The molecule has 168 valence electrons. The zero-order valence-electron chi connectivity index (χ0n) is 18.5. The van der Waals surface area contributed by atoms with Crippen molar-refractivity contribution in [1.29, 1.82) is 0 Å². The average Bonchev–Trinajstić information content (AvgIpc) is 2.87. The minimum absolute atomic E-state index is 0.524. The Balaban J connectivity index is 2.21. The first-order valence-electron chi connectivity index (χ1n) is 10.4. The predicted molar refractivity (Wildman–Crippen MR) is 125 cm³/mol. The maximum Gasteiger partial charge on any atom is 0.333 e. The minimum atomic E-state index is -1.09. The van der Waals surface area contributed by atoms with E-state index in [4.69, 9.17) is 9.47 Å². The molecule has 0 aliphatic rings. The van der Waals surface area contributed by atoms with E-state index < -0.39 is 30.3 Å². The SMILES string of the molecule is COC(=O)CC(=O)N(C=C(c1ccccc1)c1ccccc1)C(C(=O)OC)c1ccccc1. The smallest absolute Gasteiger partial charge is 0.333 e. The molecule has 1 amide bonds. The molecule has 0 heterocycles. The summed E-state index contributed by atoms with van der Waals surface area (Å²) in [7, 11) is 2.48. The predicted octanol–water partition coefficient (Wildman–Crippen LogP) is 4.38. The molecule has 0 radical (unpaired) electrons. The summed E-state index contributed by atoms with van der Waals surface area (Å²) in [5, 5.41) is 0. The lowest BCUT2D eigenvalue weighted by atomic mass is 9.97. The van der Waals surface area contributed by atoms with E-state index in [9.17, 15) is 14.4 Å². The molecule has 3 rings (SSSR count). The summed E-state index contributed by atoms with van der Waals surface area (Å²) >= 11 is 0. The molecule has 0 aliphatic carbocycles. The number of ether oxygens (including phenoxy) is 2. The van der Waals surface area contributed by atoms with Crippen LogP contribution in [-0.2, 0) is 23.9 Å². The summed E-state index contributed by atoms with van der Waals surface area (Å²) in [6.45, 7) is 0. The van der Waals surface area contributed by atoms with Gasteiger partial charge < -0.3 is 9.47 Å². The number of esters is 2. The highest BCUT2D eigenvalue weighted by molar-refractivity contribution is 5.98. The van der Waals surface area contributed by atoms with Gasteiger partial charge in [-0.05, 0) is 16.7 Å². The zero-order valence-corrected chi connectivity index (χ0v) is 18.5. The lowest BCUT2D eigenvalue weighted by Crippen LogP contribution is -2.37. The summed E-state index contributed by atoms with van der Waals surface area (Å²) in [5.74, 6) is -1.92. The number of rotatable bonds is 8. The zero-order chi connectivity index (χ0) is 23.6. The molecule has 6 nitrogen and oxygen atoms in total. The van der Waals surface area contributed by atoms with Crippen LogP contribution in [-0.4, -0.2) is 37.0 Å². The number of hydrogen-bond acceptors (Lipinski definition) is 5. The van der Waals surface area contributed by atoms with Crippen molar-refractivity contribution in [2.24, 2.45) is 0 Å². The van der Waals surface area contributed by atoms with Crippen LogP contribution in [0.3, 0.4) is 0 Å². The van der Waals surface area contributed by atoms with Gasteiger partial charge >= 0.3 is 11.9 Å². The second-order valence-electron chi connectivity index (χ2n) is 7.17. The molecule has 1 unspecified atom stereocenters. The third-order valence-corrected chi connectivity index (χ3v) is 5.07. The first-order chi connectivity index (χ1) is 16.0. The van der Waals surface area contributed by atoms with E-state index in [0.29, 0.717) is 11.1 Å². The fourth-order valence-electron chi connectivity index (χ4n) is 3.42. The second kappa shape index (κ2) is 11.4. The molecule has 33 heavy (non-hydrogen) atoms. The van der Waals surface area contributed by atoms with Gasteiger partial charge in [-0.25, -0.2) is 4.79 Å². The highest BCUT2D eigenvalue weighted by Crippen LogP contribution is 2.29. The first-order valence-corrected chi connectivity index (χ1v) is 10.4. The Labute approximate surface area is 193 Å². The van der Waals surface area contributed by atoms with Crippen molar-refractivity contribution in [3.8, 4) is 0 Å². The number of methoxy groups -OCH3 is 2. The van der Waals surface area contributed by atoms with Crippen LogP contribution in [0.15, 0.2) is 97.2 Å². The van der Waals surface area contributed by atoms with Crippen LogP contribution in [0.1, 0.15) is 29.2 Å². The van der Waals surface area contributed by atoms with Crippen molar-refractivity contribution in [2.75, 3.05) is 14.2 Å². The van der Waals surface area contributed by atoms with Gasteiger partial charge in [0.1, 0.15) is 6.42 Å². The molecule has 6 heteroatoms. The van der Waals surface area contributed by atoms with Crippen LogP contribution in [0.5, 0.6) is 0 Å². The lowest BCUT2D eigenvalue weighted by molar-refractivity contribution is -0.154. The van der Waals surface area contributed by atoms with Crippen molar-refractivity contribution in [2.45, 2.75) is 12.5 Å². The van der Waals surface area contributed by atoms with E-state index in [2.05, 4.69) is 0 Å². The number of carbonyl (C=O) groups excluding carboxylic acids is 3. The van der Waals surface area contributed by atoms with E-state index in [1.54, 1.807) is 30.5 Å². The van der Waals surface area contributed by atoms with Crippen LogP contribution in [0, 0.1) is 0 Å². The molecular weight excluding hydrogens is 418 g/mol. The molecular formula is C27H25NO5. The average molecular weight is 443 g/mol. The van der Waals surface area contributed by atoms with Crippen molar-refractivity contribution >= 4 is 23.4 Å². The highest BCUT2D eigenvalue weighted by Gasteiger charge is 2.32. The summed E-state index contributed by atoms with van der Waals surface area (Å²) in [6, 6.07) is 26.7. The van der Waals surface area contributed by atoms with Gasteiger partial charge in [-0.1, -0.05) is 91.0 Å². The Morgan fingerprint density at radius 3 is 1.70 bits per heavy atom. The van der Waals surface area contributed by atoms with Crippen LogP contribution >= 0.6 is 0 Å². The number of hydrogen-bond donors (Lipinski definition) is 0. The monoisotopic (exact) mass is 443 g/mol. The first kappa shape index (κ1) is 23.5. The Morgan fingerprint density at radius 1 is 0.758 bits per heavy atom. The summed E-state index contributed by atoms with van der Waals surface area (Å²) in [5.41, 5.74) is 2.95. The van der Waals surface area contributed by atoms with Gasteiger partial charge in [0, 0.05) is 11.8 Å². The fraction of sp³-hybridized carbons (Fsp3) is 0.148.